The van der Waals surface area contributed by atoms with Gasteiger partial charge in [0.15, 0.2) is 0 Å². The maximum absolute atomic E-state index is 12.3. The molecule has 1 rings (SSSR count). The summed E-state index contributed by atoms with van der Waals surface area (Å²) in [5, 5.41) is 12.9. The average Bonchev–Trinajstić information content (AvgIpc) is 2.37. The van der Waals surface area contributed by atoms with Gasteiger partial charge in [-0.2, -0.15) is 11.8 Å². The van der Waals surface area contributed by atoms with Crippen molar-refractivity contribution in [2.75, 3.05) is 18.6 Å². The minimum atomic E-state index is -0.873. The highest BCUT2D eigenvalue weighted by Crippen LogP contribution is 2.23. The third-order valence-electron chi connectivity index (χ3n) is 3.15. The highest BCUT2D eigenvalue weighted by atomic mass is 32.2. The van der Waals surface area contributed by atoms with E-state index in [0.717, 1.165) is 5.56 Å². The number of nitrogens with one attached hydrogen (secondary N) is 1. The van der Waals surface area contributed by atoms with Crippen LogP contribution in [0.25, 0.3) is 0 Å². The van der Waals surface area contributed by atoms with Crippen LogP contribution in [0, 0.1) is 0 Å². The first-order chi connectivity index (χ1) is 8.79. The summed E-state index contributed by atoms with van der Waals surface area (Å²) in [6.45, 7) is 5.78. The summed E-state index contributed by atoms with van der Waals surface area (Å²) < 4.78 is 0. The summed E-state index contributed by atoms with van der Waals surface area (Å²) in [6, 6.07) is 9.67. The number of aliphatic hydroxyl groups is 1. The Kier molecular flexibility index (Phi) is 5.44. The van der Waals surface area contributed by atoms with Crippen LogP contribution in [-0.2, 0) is 10.2 Å². The molecule has 4 heteroatoms. The summed E-state index contributed by atoms with van der Waals surface area (Å²) in [7, 11) is 0. The van der Waals surface area contributed by atoms with Crippen molar-refractivity contribution in [2.24, 2.45) is 0 Å². The van der Waals surface area contributed by atoms with Gasteiger partial charge >= 0.3 is 0 Å². The number of rotatable bonds is 6. The maximum atomic E-state index is 12.3. The standard InChI is InChI=1S/C15H23NO2S/c1-14(2,12-8-6-5-7-9-12)13(17)16-10-15(3,18)11-19-4/h5-9,18H,10-11H2,1-4H3,(H,16,17)/t15-/m1/s1. The molecule has 0 heterocycles. The molecule has 0 aliphatic heterocycles. The van der Waals surface area contributed by atoms with Crippen LogP contribution in [0.3, 0.4) is 0 Å². The molecule has 0 unspecified atom stereocenters. The Balaban J connectivity index is 2.68. The van der Waals surface area contributed by atoms with Gasteiger partial charge in [0.2, 0.25) is 5.91 Å². The lowest BCUT2D eigenvalue weighted by molar-refractivity contribution is -0.126. The Morgan fingerprint density at radius 2 is 1.84 bits per heavy atom. The van der Waals surface area contributed by atoms with Crippen LogP contribution >= 0.6 is 11.8 Å². The predicted molar refractivity (Wildman–Crippen MR) is 81.5 cm³/mol. The van der Waals surface area contributed by atoms with E-state index >= 15 is 0 Å². The summed E-state index contributed by atoms with van der Waals surface area (Å²) in [4.78, 5) is 12.3. The van der Waals surface area contributed by atoms with Crippen LogP contribution in [0.5, 0.6) is 0 Å². The Morgan fingerprint density at radius 1 is 1.26 bits per heavy atom. The van der Waals surface area contributed by atoms with Crippen molar-refractivity contribution in [1.82, 2.24) is 5.32 Å². The van der Waals surface area contributed by atoms with Crippen LogP contribution in [0.4, 0.5) is 0 Å². The topological polar surface area (TPSA) is 49.3 Å². The second-order valence-electron chi connectivity index (χ2n) is 5.60. The summed E-state index contributed by atoms with van der Waals surface area (Å²) in [5.74, 6) is 0.527. The minimum absolute atomic E-state index is 0.0694. The van der Waals surface area contributed by atoms with Gasteiger partial charge in [-0.1, -0.05) is 30.3 Å². The highest BCUT2D eigenvalue weighted by Gasteiger charge is 2.31. The molecule has 0 spiro atoms. The van der Waals surface area contributed by atoms with Crippen molar-refractivity contribution >= 4 is 17.7 Å². The predicted octanol–water partition coefficient (Wildman–Crippen LogP) is 2.19. The second-order valence-corrected chi connectivity index (χ2v) is 6.47. The van der Waals surface area contributed by atoms with E-state index in [-0.39, 0.29) is 12.5 Å². The third kappa shape index (κ3) is 4.55. The van der Waals surface area contributed by atoms with E-state index in [2.05, 4.69) is 5.32 Å². The first-order valence-corrected chi connectivity index (χ1v) is 7.74. The zero-order valence-corrected chi connectivity index (χ0v) is 12.9. The SMILES string of the molecule is CSC[C@](C)(O)CNC(=O)C(C)(C)c1ccccc1. The number of benzene rings is 1. The van der Waals surface area contributed by atoms with Crippen LogP contribution in [0.2, 0.25) is 0 Å². The number of thioether (sulfide) groups is 1. The molecule has 0 saturated heterocycles. The van der Waals surface area contributed by atoms with Gasteiger partial charge in [0.25, 0.3) is 0 Å². The average molecular weight is 281 g/mol. The molecule has 19 heavy (non-hydrogen) atoms. The van der Waals surface area contributed by atoms with Crippen molar-refractivity contribution in [2.45, 2.75) is 31.8 Å². The van der Waals surface area contributed by atoms with Crippen LogP contribution < -0.4 is 5.32 Å². The molecule has 106 valence electrons. The molecular formula is C15H23NO2S. The van der Waals surface area contributed by atoms with E-state index in [9.17, 15) is 9.90 Å². The fourth-order valence-electron chi connectivity index (χ4n) is 1.84. The van der Waals surface area contributed by atoms with Crippen molar-refractivity contribution < 1.29 is 9.90 Å². The quantitative estimate of drug-likeness (QED) is 0.840. The normalized spacial score (nSPS) is 14.8. The van der Waals surface area contributed by atoms with Crippen LogP contribution in [-0.4, -0.2) is 35.2 Å². The number of amides is 1. The fraction of sp³-hybridized carbons (Fsp3) is 0.533. The fourth-order valence-corrected chi connectivity index (χ4v) is 2.56. The molecule has 1 aromatic rings. The van der Waals surface area contributed by atoms with Crippen LogP contribution in [0.15, 0.2) is 30.3 Å². The van der Waals surface area contributed by atoms with Gasteiger partial charge in [-0.25, -0.2) is 0 Å². The molecule has 0 aliphatic rings. The lowest BCUT2D eigenvalue weighted by Gasteiger charge is -2.28. The highest BCUT2D eigenvalue weighted by molar-refractivity contribution is 7.98. The van der Waals surface area contributed by atoms with Gasteiger partial charge in [-0.15, -0.1) is 0 Å². The first-order valence-electron chi connectivity index (χ1n) is 6.35. The lowest BCUT2D eigenvalue weighted by Crippen LogP contribution is -2.48. The van der Waals surface area contributed by atoms with Gasteiger partial charge in [-0.3, -0.25) is 4.79 Å². The Bertz CT molecular complexity index is 415. The number of hydrogen-bond donors (Lipinski definition) is 2. The van der Waals surface area contributed by atoms with Crippen molar-refractivity contribution in [3.63, 3.8) is 0 Å². The van der Waals surface area contributed by atoms with E-state index < -0.39 is 11.0 Å². The van der Waals surface area contributed by atoms with E-state index in [4.69, 9.17) is 0 Å². The van der Waals surface area contributed by atoms with Crippen molar-refractivity contribution in [1.29, 1.82) is 0 Å². The smallest absolute Gasteiger partial charge is 0.230 e. The first kappa shape index (κ1) is 16.1. The van der Waals surface area contributed by atoms with Gasteiger partial charge in [0.1, 0.15) is 0 Å². The van der Waals surface area contributed by atoms with Gasteiger partial charge in [-0.05, 0) is 32.6 Å². The monoisotopic (exact) mass is 281 g/mol. The van der Waals surface area contributed by atoms with Gasteiger partial charge < -0.3 is 10.4 Å². The summed E-state index contributed by atoms with van der Waals surface area (Å²) >= 11 is 1.56. The molecule has 1 aromatic carbocycles. The number of carbonyl (C=O) groups excluding carboxylic acids is 1. The Hall–Kier alpha value is -1.00. The molecule has 1 amide bonds. The molecule has 1 atom stereocenters. The molecule has 0 bridgehead atoms. The van der Waals surface area contributed by atoms with E-state index in [1.807, 2.05) is 50.4 Å². The number of carbonyl (C=O) groups is 1. The molecule has 0 fully saturated rings. The molecule has 0 aromatic heterocycles. The van der Waals surface area contributed by atoms with Crippen molar-refractivity contribution in [3.05, 3.63) is 35.9 Å². The lowest BCUT2D eigenvalue weighted by atomic mass is 9.83. The molecule has 0 radical (unpaired) electrons. The minimum Gasteiger partial charge on any atom is -0.387 e. The van der Waals surface area contributed by atoms with Gasteiger partial charge in [0, 0.05) is 12.3 Å². The Morgan fingerprint density at radius 3 is 2.37 bits per heavy atom. The van der Waals surface area contributed by atoms with E-state index in [1.54, 1.807) is 18.7 Å². The maximum Gasteiger partial charge on any atom is 0.230 e. The molecular weight excluding hydrogens is 258 g/mol. The molecule has 0 aliphatic carbocycles. The van der Waals surface area contributed by atoms with E-state index in [0.29, 0.717) is 5.75 Å². The van der Waals surface area contributed by atoms with Crippen LogP contribution in [0.1, 0.15) is 26.3 Å². The molecule has 0 saturated carbocycles. The largest absolute Gasteiger partial charge is 0.387 e. The number of hydrogen-bond acceptors (Lipinski definition) is 3. The zero-order chi connectivity index (χ0) is 14.5. The van der Waals surface area contributed by atoms with Crippen molar-refractivity contribution in [3.8, 4) is 0 Å². The molecule has 3 nitrogen and oxygen atoms in total. The second kappa shape index (κ2) is 6.44. The molecule has 2 N–H and O–H groups in total. The summed E-state index contributed by atoms with van der Waals surface area (Å²) in [5.41, 5.74) is -0.504. The third-order valence-corrected chi connectivity index (χ3v) is 4.06. The Labute approximate surface area is 119 Å². The van der Waals surface area contributed by atoms with Gasteiger partial charge in [0.05, 0.1) is 11.0 Å². The summed E-state index contributed by atoms with van der Waals surface area (Å²) in [6.07, 6.45) is 1.93. The zero-order valence-electron chi connectivity index (χ0n) is 12.1. The van der Waals surface area contributed by atoms with E-state index in [1.165, 1.54) is 0 Å².